The molecule has 1 amide bonds. The number of carbonyl (C=O) groups is 2. The predicted octanol–water partition coefficient (Wildman–Crippen LogP) is -0.632. The van der Waals surface area contributed by atoms with Crippen LogP contribution in [0.2, 0.25) is 0 Å². The van der Waals surface area contributed by atoms with Gasteiger partial charge >= 0.3 is 11.7 Å². The highest BCUT2D eigenvalue weighted by atomic mass is 16.5. The molecule has 0 aliphatic heterocycles. The molecule has 2 rings (SSSR count). The van der Waals surface area contributed by atoms with Crippen LogP contribution in [0.25, 0.3) is 0 Å². The molecular weight excluding hydrogens is 434 g/mol. The number of nitrogens with zero attached hydrogens (tertiary/aromatic N) is 5. The maximum Gasteiger partial charge on any atom is 0.330 e. The minimum atomic E-state index is -0.818. The van der Waals surface area contributed by atoms with Gasteiger partial charge in [0.25, 0.3) is 11.5 Å². The Labute approximate surface area is 190 Å². The Bertz CT molecular complexity index is 1050. The van der Waals surface area contributed by atoms with Crippen molar-refractivity contribution in [3.63, 3.8) is 0 Å². The normalized spacial score (nSPS) is 10.6. The number of ether oxygens (including phenoxy) is 2. The highest BCUT2D eigenvalue weighted by Crippen LogP contribution is 2.17. The molecule has 180 valence electrons. The molecule has 0 spiro atoms. The van der Waals surface area contributed by atoms with Crippen molar-refractivity contribution in [3.8, 4) is 0 Å². The lowest BCUT2D eigenvalue weighted by atomic mass is 10.3. The van der Waals surface area contributed by atoms with Gasteiger partial charge in [0.15, 0.2) is 12.3 Å². The maximum atomic E-state index is 12.9. The third kappa shape index (κ3) is 6.87. The second kappa shape index (κ2) is 12.3. The van der Waals surface area contributed by atoms with E-state index in [2.05, 4.69) is 15.0 Å². The van der Waals surface area contributed by atoms with Crippen LogP contribution in [0.3, 0.4) is 0 Å². The summed E-state index contributed by atoms with van der Waals surface area (Å²) in [6.07, 6.45) is 4.51. The van der Waals surface area contributed by atoms with E-state index in [0.29, 0.717) is 12.4 Å². The summed E-state index contributed by atoms with van der Waals surface area (Å²) in [5.74, 6) is -1.22. The zero-order valence-electron chi connectivity index (χ0n) is 18.9. The van der Waals surface area contributed by atoms with E-state index in [9.17, 15) is 19.2 Å². The topological polar surface area (TPSA) is 166 Å². The molecule has 0 bridgehead atoms. The number of likely N-dealkylation sites (N-methyl/N-ethyl adjacent to an activating group) is 1. The Morgan fingerprint density at radius 2 is 1.94 bits per heavy atom. The molecule has 0 aliphatic rings. The van der Waals surface area contributed by atoms with Crippen molar-refractivity contribution in [3.05, 3.63) is 39.3 Å². The van der Waals surface area contributed by atoms with E-state index in [4.69, 9.17) is 15.2 Å². The van der Waals surface area contributed by atoms with Crippen molar-refractivity contribution >= 4 is 29.3 Å². The number of aromatic nitrogens is 4. The molecule has 0 fully saturated rings. The summed E-state index contributed by atoms with van der Waals surface area (Å²) in [4.78, 5) is 62.5. The molecule has 0 unspecified atom stereocenters. The van der Waals surface area contributed by atoms with E-state index in [1.807, 2.05) is 6.92 Å². The molecule has 0 saturated heterocycles. The lowest BCUT2D eigenvalue weighted by Crippen LogP contribution is -2.44. The summed E-state index contributed by atoms with van der Waals surface area (Å²) in [6, 6.07) is 1.64. The van der Waals surface area contributed by atoms with Crippen molar-refractivity contribution in [2.24, 2.45) is 0 Å². The number of H-pyrrole nitrogens is 1. The van der Waals surface area contributed by atoms with Gasteiger partial charge in [0.2, 0.25) is 5.95 Å². The van der Waals surface area contributed by atoms with Crippen LogP contribution < -0.4 is 26.8 Å². The number of rotatable bonds is 12. The molecule has 2 aromatic heterocycles. The highest BCUT2D eigenvalue weighted by Gasteiger charge is 2.25. The number of unbranched alkanes of at least 4 members (excludes halogenated alkanes) is 1. The van der Waals surface area contributed by atoms with Crippen molar-refractivity contribution < 1.29 is 19.1 Å². The van der Waals surface area contributed by atoms with Crippen molar-refractivity contribution in [1.82, 2.24) is 19.5 Å². The van der Waals surface area contributed by atoms with Crippen LogP contribution in [0.15, 0.2) is 28.0 Å². The van der Waals surface area contributed by atoms with Gasteiger partial charge in [-0.15, -0.1) is 0 Å². The van der Waals surface area contributed by atoms with Crippen LogP contribution in [0.1, 0.15) is 19.8 Å². The number of methoxy groups -OCH3 is 1. The Morgan fingerprint density at radius 1 is 1.24 bits per heavy atom. The van der Waals surface area contributed by atoms with Crippen LogP contribution in [-0.2, 0) is 25.6 Å². The van der Waals surface area contributed by atoms with Crippen LogP contribution in [-0.4, -0.2) is 71.9 Å². The first-order valence-electron chi connectivity index (χ1n) is 10.4. The predicted molar refractivity (Wildman–Crippen MR) is 121 cm³/mol. The van der Waals surface area contributed by atoms with Gasteiger partial charge in [-0.05, 0) is 12.5 Å². The molecule has 13 nitrogen and oxygen atoms in total. The first-order valence-corrected chi connectivity index (χ1v) is 10.4. The summed E-state index contributed by atoms with van der Waals surface area (Å²) in [7, 11) is 3.03. The van der Waals surface area contributed by atoms with E-state index in [0.717, 1.165) is 11.3 Å². The van der Waals surface area contributed by atoms with E-state index in [1.165, 1.54) is 29.0 Å². The molecule has 33 heavy (non-hydrogen) atoms. The van der Waals surface area contributed by atoms with Gasteiger partial charge < -0.3 is 20.1 Å². The Balaban J connectivity index is 2.18. The summed E-state index contributed by atoms with van der Waals surface area (Å²) in [5.41, 5.74) is 4.43. The zero-order chi connectivity index (χ0) is 24.4. The van der Waals surface area contributed by atoms with Crippen LogP contribution in [0, 0.1) is 0 Å². The van der Waals surface area contributed by atoms with Gasteiger partial charge in [0.1, 0.15) is 12.4 Å². The smallest absolute Gasteiger partial charge is 0.330 e. The molecule has 13 heteroatoms. The van der Waals surface area contributed by atoms with Crippen LogP contribution in [0.5, 0.6) is 0 Å². The number of hydrogen-bond donors (Lipinski definition) is 2. The molecule has 0 aliphatic carbocycles. The van der Waals surface area contributed by atoms with E-state index >= 15 is 0 Å². The van der Waals surface area contributed by atoms with Crippen LogP contribution >= 0.6 is 0 Å². The molecule has 0 atom stereocenters. The van der Waals surface area contributed by atoms with Crippen molar-refractivity contribution in [2.45, 2.75) is 26.3 Å². The van der Waals surface area contributed by atoms with Gasteiger partial charge in [-0.2, -0.15) is 0 Å². The second-order valence-corrected chi connectivity index (χ2v) is 7.10. The minimum Gasteiger partial charge on any atom is -0.454 e. The van der Waals surface area contributed by atoms with Crippen LogP contribution in [0.4, 0.5) is 17.5 Å². The Hall–Kier alpha value is -3.74. The van der Waals surface area contributed by atoms with Gasteiger partial charge in [0.05, 0.1) is 6.61 Å². The molecule has 2 heterocycles. The third-order valence-electron chi connectivity index (χ3n) is 4.66. The Morgan fingerprint density at radius 3 is 2.58 bits per heavy atom. The molecule has 0 radical (unpaired) electrons. The number of amides is 1. The fourth-order valence-corrected chi connectivity index (χ4v) is 2.94. The maximum absolute atomic E-state index is 12.9. The minimum absolute atomic E-state index is 0.0378. The summed E-state index contributed by atoms with van der Waals surface area (Å²) >= 11 is 0. The summed E-state index contributed by atoms with van der Waals surface area (Å²) in [5, 5.41) is 0. The van der Waals surface area contributed by atoms with E-state index in [-0.39, 0.29) is 37.7 Å². The standard InChI is InChI=1S/C20H29N7O6/c1-4-5-9-27-17(21)16(18(30)24-20(27)31)26(10-11-32-3)14(28)13-33-15(29)12-25(2)19-22-7-6-8-23-19/h6-8H,4-5,9-13,21H2,1-3H3,(H,24,30,31). The molecule has 0 aromatic carbocycles. The van der Waals surface area contributed by atoms with Gasteiger partial charge in [-0.25, -0.2) is 14.8 Å². The van der Waals surface area contributed by atoms with Gasteiger partial charge in [-0.3, -0.25) is 28.8 Å². The second-order valence-electron chi connectivity index (χ2n) is 7.10. The lowest BCUT2D eigenvalue weighted by molar-refractivity contribution is -0.146. The fourth-order valence-electron chi connectivity index (χ4n) is 2.94. The fraction of sp³-hybridized carbons (Fsp3) is 0.500. The Kier molecular flexibility index (Phi) is 9.54. The highest BCUT2D eigenvalue weighted by molar-refractivity contribution is 5.97. The van der Waals surface area contributed by atoms with Crippen molar-refractivity contribution in [2.75, 3.05) is 56.0 Å². The third-order valence-corrected chi connectivity index (χ3v) is 4.66. The molecule has 2 aromatic rings. The number of anilines is 3. The van der Waals surface area contributed by atoms with Gasteiger partial charge in [0, 0.05) is 39.6 Å². The SMILES string of the molecule is CCCCn1c(N)c(N(CCOC)C(=O)COC(=O)CN(C)c2ncccn2)c(=O)[nH]c1=O. The lowest BCUT2D eigenvalue weighted by Gasteiger charge is -2.24. The number of nitrogens with one attached hydrogen (secondary N) is 1. The average molecular weight is 463 g/mol. The first-order chi connectivity index (χ1) is 15.8. The summed E-state index contributed by atoms with van der Waals surface area (Å²) < 4.78 is 11.3. The monoisotopic (exact) mass is 463 g/mol. The number of hydrogen-bond acceptors (Lipinski definition) is 10. The molecular formula is C20H29N7O6. The average Bonchev–Trinajstić information content (AvgIpc) is 2.79. The zero-order valence-corrected chi connectivity index (χ0v) is 18.9. The summed E-state index contributed by atoms with van der Waals surface area (Å²) in [6.45, 7) is 1.43. The van der Waals surface area contributed by atoms with E-state index < -0.39 is 29.7 Å². The number of esters is 1. The van der Waals surface area contributed by atoms with Crippen molar-refractivity contribution in [1.29, 1.82) is 0 Å². The molecule has 0 saturated carbocycles. The number of carbonyl (C=O) groups excluding carboxylic acids is 2. The molecule has 3 N–H and O–H groups in total. The van der Waals surface area contributed by atoms with E-state index in [1.54, 1.807) is 13.1 Å². The first kappa shape index (κ1) is 25.5. The number of nitrogen functional groups attached to an aromatic ring is 1. The van der Waals surface area contributed by atoms with Gasteiger partial charge in [-0.1, -0.05) is 13.3 Å². The number of aromatic amines is 1. The largest absolute Gasteiger partial charge is 0.454 e. The number of nitrogens with two attached hydrogens (primary N) is 1. The quantitative estimate of drug-likeness (QED) is 0.387.